The van der Waals surface area contributed by atoms with Crippen molar-refractivity contribution in [3.63, 3.8) is 0 Å². The molecule has 0 aliphatic heterocycles. The maximum Gasteiger partial charge on any atom is 0.416 e. The van der Waals surface area contributed by atoms with Gasteiger partial charge in [0.25, 0.3) is 5.91 Å². The smallest absolute Gasteiger partial charge is 0.416 e. The van der Waals surface area contributed by atoms with E-state index in [9.17, 15) is 22.8 Å². The molecule has 0 aliphatic rings. The van der Waals surface area contributed by atoms with Crippen LogP contribution in [0.3, 0.4) is 0 Å². The molecule has 30 heavy (non-hydrogen) atoms. The van der Waals surface area contributed by atoms with Crippen molar-refractivity contribution in [2.24, 2.45) is 0 Å². The van der Waals surface area contributed by atoms with Gasteiger partial charge in [-0.05, 0) is 30.3 Å². The van der Waals surface area contributed by atoms with Crippen molar-refractivity contribution in [2.45, 2.75) is 12.8 Å². The number of ether oxygens (including phenoxy) is 1. The number of hydrogen-bond donors (Lipinski definition) is 1. The first kappa shape index (κ1) is 21.8. The number of amides is 1. The molecule has 0 spiro atoms. The molecular formula is C20H14ClF3N2O3S. The van der Waals surface area contributed by atoms with Gasteiger partial charge in [0.05, 0.1) is 16.3 Å². The Balaban J connectivity index is 1.48. The predicted molar refractivity (Wildman–Crippen MR) is 106 cm³/mol. The van der Waals surface area contributed by atoms with Gasteiger partial charge >= 0.3 is 12.1 Å². The topological polar surface area (TPSA) is 68.3 Å². The van der Waals surface area contributed by atoms with Crippen LogP contribution in [0.2, 0.25) is 5.02 Å². The summed E-state index contributed by atoms with van der Waals surface area (Å²) in [4.78, 5) is 28.2. The number of nitrogens with zero attached hydrogens (tertiary/aromatic N) is 1. The molecule has 1 heterocycles. The average molecular weight is 455 g/mol. The van der Waals surface area contributed by atoms with E-state index < -0.39 is 30.2 Å². The molecule has 3 rings (SSSR count). The quantitative estimate of drug-likeness (QED) is 0.535. The zero-order valence-corrected chi connectivity index (χ0v) is 16.8. The van der Waals surface area contributed by atoms with Gasteiger partial charge < -0.3 is 10.1 Å². The number of halogens is 4. The third kappa shape index (κ3) is 5.58. The maximum absolute atomic E-state index is 12.5. The molecule has 2 aromatic carbocycles. The van der Waals surface area contributed by atoms with Gasteiger partial charge in [0.1, 0.15) is 18.2 Å². The molecule has 5 nitrogen and oxygen atoms in total. The number of benzene rings is 2. The average Bonchev–Trinajstić information content (AvgIpc) is 3.19. The van der Waals surface area contributed by atoms with Gasteiger partial charge in [-0.1, -0.05) is 29.8 Å². The molecule has 0 radical (unpaired) electrons. The highest BCUT2D eigenvalue weighted by atomic mass is 35.5. The number of alkyl halides is 3. The first-order valence-corrected chi connectivity index (χ1v) is 9.80. The van der Waals surface area contributed by atoms with Crippen LogP contribution in [-0.2, 0) is 22.3 Å². The molecule has 1 N–H and O–H groups in total. The summed E-state index contributed by atoms with van der Waals surface area (Å²) in [6, 6.07) is 10.9. The summed E-state index contributed by atoms with van der Waals surface area (Å²) >= 11 is 7.48. The minimum atomic E-state index is -4.49. The van der Waals surface area contributed by atoms with Gasteiger partial charge in [0.15, 0.2) is 0 Å². The Morgan fingerprint density at radius 3 is 2.47 bits per heavy atom. The van der Waals surface area contributed by atoms with E-state index in [1.54, 1.807) is 17.5 Å². The molecule has 0 atom stereocenters. The zero-order valence-electron chi connectivity index (χ0n) is 15.2. The lowest BCUT2D eigenvalue weighted by Crippen LogP contribution is -2.30. The van der Waals surface area contributed by atoms with Gasteiger partial charge in [-0.25, -0.2) is 4.98 Å². The molecule has 10 heteroatoms. The Morgan fingerprint density at radius 2 is 1.80 bits per heavy atom. The SMILES string of the molecule is O=C(CNC(=O)c1ccc(C(F)(F)F)cc1)OCc1csc(-c2ccccc2Cl)n1. The van der Waals surface area contributed by atoms with Crippen LogP contribution >= 0.6 is 22.9 Å². The number of nitrogens with one attached hydrogen (secondary N) is 1. The van der Waals surface area contributed by atoms with Crippen molar-refractivity contribution in [2.75, 3.05) is 6.54 Å². The first-order chi connectivity index (χ1) is 14.2. The van der Waals surface area contributed by atoms with E-state index in [4.69, 9.17) is 16.3 Å². The summed E-state index contributed by atoms with van der Waals surface area (Å²) in [6.07, 6.45) is -4.49. The Kier molecular flexibility index (Phi) is 6.73. The fraction of sp³-hybridized carbons (Fsp3) is 0.150. The molecule has 0 bridgehead atoms. The molecule has 0 saturated carbocycles. The van der Waals surface area contributed by atoms with Gasteiger partial charge in [0.2, 0.25) is 0 Å². The van der Waals surface area contributed by atoms with Crippen LogP contribution in [0, 0.1) is 0 Å². The lowest BCUT2D eigenvalue weighted by atomic mass is 10.1. The van der Waals surface area contributed by atoms with Crippen molar-refractivity contribution >= 4 is 34.8 Å². The van der Waals surface area contributed by atoms with Crippen LogP contribution in [0.4, 0.5) is 13.2 Å². The second kappa shape index (κ2) is 9.27. The first-order valence-electron chi connectivity index (χ1n) is 8.54. The van der Waals surface area contributed by atoms with Gasteiger partial charge in [0, 0.05) is 16.5 Å². The third-order valence-electron chi connectivity index (χ3n) is 3.90. The highest BCUT2D eigenvalue weighted by Crippen LogP contribution is 2.30. The summed E-state index contributed by atoms with van der Waals surface area (Å²) < 4.78 is 42.7. The zero-order chi connectivity index (χ0) is 21.7. The van der Waals surface area contributed by atoms with E-state index in [1.807, 2.05) is 12.1 Å². The van der Waals surface area contributed by atoms with Gasteiger partial charge in [-0.3, -0.25) is 9.59 Å². The fourth-order valence-electron chi connectivity index (χ4n) is 2.40. The van der Waals surface area contributed by atoms with Crippen LogP contribution in [0.15, 0.2) is 53.9 Å². The van der Waals surface area contributed by atoms with Crippen molar-refractivity contribution in [3.05, 3.63) is 75.8 Å². The normalized spacial score (nSPS) is 11.2. The van der Waals surface area contributed by atoms with Crippen LogP contribution in [0.5, 0.6) is 0 Å². The predicted octanol–water partition coefficient (Wildman–Crippen LogP) is 4.96. The molecule has 3 aromatic rings. The van der Waals surface area contributed by atoms with E-state index >= 15 is 0 Å². The fourth-order valence-corrected chi connectivity index (χ4v) is 3.53. The molecule has 156 valence electrons. The monoisotopic (exact) mass is 454 g/mol. The van der Waals surface area contributed by atoms with E-state index in [2.05, 4.69) is 10.3 Å². The number of aromatic nitrogens is 1. The van der Waals surface area contributed by atoms with Crippen LogP contribution in [-0.4, -0.2) is 23.4 Å². The summed E-state index contributed by atoms with van der Waals surface area (Å²) in [7, 11) is 0. The number of carbonyl (C=O) groups is 2. The maximum atomic E-state index is 12.5. The molecule has 1 amide bonds. The largest absolute Gasteiger partial charge is 0.458 e. The Hall–Kier alpha value is -2.91. The number of carbonyl (C=O) groups excluding carboxylic acids is 2. The van der Waals surface area contributed by atoms with Gasteiger partial charge in [-0.2, -0.15) is 13.2 Å². The Bertz CT molecular complexity index is 1050. The number of thiazole rings is 1. The summed E-state index contributed by atoms with van der Waals surface area (Å²) in [5, 5.41) is 5.27. The van der Waals surface area contributed by atoms with Crippen LogP contribution in [0.25, 0.3) is 10.6 Å². The molecule has 0 aliphatic carbocycles. The minimum absolute atomic E-state index is 0.000294. The van der Waals surface area contributed by atoms with E-state index in [0.29, 0.717) is 15.7 Å². The van der Waals surface area contributed by atoms with E-state index in [1.165, 1.54) is 11.3 Å². The lowest BCUT2D eigenvalue weighted by Gasteiger charge is -2.08. The summed E-state index contributed by atoms with van der Waals surface area (Å²) in [5.74, 6) is -1.39. The Labute approximate surface area is 178 Å². The van der Waals surface area contributed by atoms with Crippen LogP contribution < -0.4 is 5.32 Å². The van der Waals surface area contributed by atoms with Crippen molar-refractivity contribution in [1.29, 1.82) is 0 Å². The summed E-state index contributed by atoms with van der Waals surface area (Å²) in [5.41, 5.74) is 0.431. The number of rotatable bonds is 6. The highest BCUT2D eigenvalue weighted by Gasteiger charge is 2.30. The standard InChI is InChI=1S/C20H14ClF3N2O3S/c21-16-4-2-1-3-15(16)19-26-14(11-30-19)10-29-17(27)9-25-18(28)12-5-7-13(8-6-12)20(22,23)24/h1-8,11H,9-10H2,(H,25,28). The molecule has 1 aromatic heterocycles. The highest BCUT2D eigenvalue weighted by molar-refractivity contribution is 7.13. The molecular weight excluding hydrogens is 441 g/mol. The second-order valence-electron chi connectivity index (χ2n) is 6.04. The lowest BCUT2D eigenvalue weighted by molar-refractivity contribution is -0.143. The van der Waals surface area contributed by atoms with E-state index in [-0.39, 0.29) is 12.2 Å². The Morgan fingerprint density at radius 1 is 1.10 bits per heavy atom. The van der Waals surface area contributed by atoms with Gasteiger partial charge in [-0.15, -0.1) is 11.3 Å². The van der Waals surface area contributed by atoms with E-state index in [0.717, 1.165) is 29.8 Å². The number of esters is 1. The van der Waals surface area contributed by atoms with Crippen LogP contribution in [0.1, 0.15) is 21.6 Å². The number of hydrogen-bond acceptors (Lipinski definition) is 5. The van der Waals surface area contributed by atoms with Crippen molar-refractivity contribution in [1.82, 2.24) is 10.3 Å². The van der Waals surface area contributed by atoms with Crippen molar-refractivity contribution < 1.29 is 27.5 Å². The minimum Gasteiger partial charge on any atom is -0.458 e. The molecule has 0 unspecified atom stereocenters. The molecule has 0 saturated heterocycles. The molecule has 0 fully saturated rings. The second-order valence-corrected chi connectivity index (χ2v) is 7.31. The van der Waals surface area contributed by atoms with Crippen molar-refractivity contribution in [3.8, 4) is 10.6 Å². The third-order valence-corrected chi connectivity index (χ3v) is 5.16. The summed E-state index contributed by atoms with van der Waals surface area (Å²) in [6.45, 7) is -0.517.